The van der Waals surface area contributed by atoms with Gasteiger partial charge in [0.05, 0.1) is 13.2 Å². The molecule has 1 saturated heterocycles. The van der Waals surface area contributed by atoms with Crippen molar-refractivity contribution in [2.75, 3.05) is 25.5 Å². The van der Waals surface area contributed by atoms with Crippen molar-refractivity contribution in [1.29, 1.82) is 0 Å². The highest BCUT2D eigenvalue weighted by Gasteiger charge is 2.44. The van der Waals surface area contributed by atoms with Crippen LogP contribution in [0.1, 0.15) is 52.9 Å². The molecule has 1 spiro atoms. The van der Waals surface area contributed by atoms with Gasteiger partial charge in [-0.25, -0.2) is 0 Å². The first-order valence-corrected chi connectivity index (χ1v) is 9.33. The molecule has 2 fully saturated rings. The Morgan fingerprint density at radius 2 is 2.05 bits per heavy atom. The molecule has 1 aliphatic carbocycles. The van der Waals surface area contributed by atoms with Crippen LogP contribution in [0.25, 0.3) is 0 Å². The molecule has 0 aromatic heterocycles. The highest BCUT2D eigenvalue weighted by Crippen LogP contribution is 2.40. The maximum Gasteiger partial charge on any atom is 0.169 e. The molecule has 2 rings (SSSR count). The number of hydrogen-bond donors (Lipinski definition) is 1. The molecule has 0 radical (unpaired) electrons. The molecule has 3 nitrogen and oxygen atoms in total. The van der Waals surface area contributed by atoms with Crippen LogP contribution in [0.5, 0.6) is 0 Å². The Labute approximate surface area is 128 Å². The van der Waals surface area contributed by atoms with Gasteiger partial charge >= 0.3 is 0 Å². The van der Waals surface area contributed by atoms with Gasteiger partial charge in [0.15, 0.2) is 5.79 Å². The maximum absolute atomic E-state index is 5.93. The summed E-state index contributed by atoms with van der Waals surface area (Å²) in [5, 5.41) is 4.37. The Kier molecular flexibility index (Phi) is 6.66. The number of nitrogens with one attached hydrogen (secondary N) is 1. The van der Waals surface area contributed by atoms with Crippen molar-refractivity contribution in [2.24, 2.45) is 5.92 Å². The van der Waals surface area contributed by atoms with Crippen molar-refractivity contribution in [2.45, 2.75) is 70.0 Å². The summed E-state index contributed by atoms with van der Waals surface area (Å²) < 4.78 is 11.9. The number of hydrogen-bond acceptors (Lipinski definition) is 4. The second-order valence-electron chi connectivity index (χ2n) is 6.50. The normalized spacial score (nSPS) is 29.4. The summed E-state index contributed by atoms with van der Waals surface area (Å²) >= 11 is 2.12. The Morgan fingerprint density at radius 3 is 2.70 bits per heavy atom. The molecule has 0 amide bonds. The van der Waals surface area contributed by atoms with Crippen molar-refractivity contribution in [3.8, 4) is 0 Å². The molecule has 0 aromatic carbocycles. The van der Waals surface area contributed by atoms with E-state index in [1.54, 1.807) is 0 Å². The molecule has 2 unspecified atom stereocenters. The van der Waals surface area contributed by atoms with Gasteiger partial charge in [0.1, 0.15) is 0 Å². The lowest BCUT2D eigenvalue weighted by molar-refractivity contribution is -0.178. The Bertz CT molecular complexity index is 280. The van der Waals surface area contributed by atoms with Crippen LogP contribution < -0.4 is 5.32 Å². The fourth-order valence-electron chi connectivity index (χ4n) is 3.06. The second kappa shape index (κ2) is 8.02. The lowest BCUT2D eigenvalue weighted by Crippen LogP contribution is -2.50. The van der Waals surface area contributed by atoms with Gasteiger partial charge in [-0.15, -0.1) is 0 Å². The summed E-state index contributed by atoms with van der Waals surface area (Å²) in [4.78, 5) is 0. The predicted octanol–water partition coefficient (Wildman–Crippen LogP) is 3.43. The lowest BCUT2D eigenvalue weighted by Gasteiger charge is -2.41. The van der Waals surface area contributed by atoms with Gasteiger partial charge in [0, 0.05) is 24.1 Å². The molecule has 4 heteroatoms. The van der Waals surface area contributed by atoms with Crippen LogP contribution >= 0.6 is 11.8 Å². The first-order valence-electron chi connectivity index (χ1n) is 8.28. The summed E-state index contributed by atoms with van der Waals surface area (Å²) in [7, 11) is 0. The zero-order valence-corrected chi connectivity index (χ0v) is 14.1. The van der Waals surface area contributed by atoms with Crippen molar-refractivity contribution in [3.63, 3.8) is 0 Å². The molecule has 0 bridgehead atoms. The van der Waals surface area contributed by atoms with Crippen LogP contribution in [-0.2, 0) is 9.47 Å². The molecule has 1 saturated carbocycles. The largest absolute Gasteiger partial charge is 0.347 e. The topological polar surface area (TPSA) is 30.5 Å². The zero-order valence-electron chi connectivity index (χ0n) is 13.3. The first kappa shape index (κ1) is 16.6. The van der Waals surface area contributed by atoms with E-state index in [0.29, 0.717) is 11.3 Å². The van der Waals surface area contributed by atoms with Crippen molar-refractivity contribution >= 4 is 11.8 Å². The fraction of sp³-hybridized carbons (Fsp3) is 1.00. The third-order valence-corrected chi connectivity index (χ3v) is 5.69. The van der Waals surface area contributed by atoms with Gasteiger partial charge in [-0.05, 0) is 37.5 Å². The third kappa shape index (κ3) is 4.62. The van der Waals surface area contributed by atoms with Gasteiger partial charge in [-0.2, -0.15) is 11.8 Å². The van der Waals surface area contributed by atoms with Crippen LogP contribution in [0.2, 0.25) is 0 Å². The SMILES string of the molecule is CCCNC1CCC2(CC1SCCC(C)C)OCCO2. The van der Waals surface area contributed by atoms with E-state index < -0.39 is 0 Å². The third-order valence-electron chi connectivity index (χ3n) is 4.29. The maximum atomic E-state index is 5.93. The highest BCUT2D eigenvalue weighted by molar-refractivity contribution is 7.99. The van der Waals surface area contributed by atoms with E-state index in [-0.39, 0.29) is 5.79 Å². The molecule has 20 heavy (non-hydrogen) atoms. The summed E-state index contributed by atoms with van der Waals surface area (Å²) in [6.45, 7) is 9.52. The Hall–Kier alpha value is 0.230. The first-order chi connectivity index (χ1) is 9.65. The van der Waals surface area contributed by atoms with E-state index in [1.165, 1.54) is 25.0 Å². The smallest absolute Gasteiger partial charge is 0.169 e. The van der Waals surface area contributed by atoms with E-state index in [0.717, 1.165) is 38.5 Å². The van der Waals surface area contributed by atoms with Crippen molar-refractivity contribution < 1.29 is 9.47 Å². The van der Waals surface area contributed by atoms with Gasteiger partial charge in [0.25, 0.3) is 0 Å². The van der Waals surface area contributed by atoms with E-state index in [1.807, 2.05) is 0 Å². The summed E-state index contributed by atoms with van der Waals surface area (Å²) in [6.07, 6.45) is 5.79. The molecule has 2 atom stereocenters. The summed E-state index contributed by atoms with van der Waals surface area (Å²) in [5.41, 5.74) is 0. The molecule has 1 heterocycles. The Morgan fingerprint density at radius 1 is 1.30 bits per heavy atom. The minimum atomic E-state index is -0.250. The zero-order chi connectivity index (χ0) is 14.4. The average Bonchev–Trinajstić information content (AvgIpc) is 2.86. The van der Waals surface area contributed by atoms with E-state index in [9.17, 15) is 0 Å². The molecule has 2 aliphatic rings. The van der Waals surface area contributed by atoms with E-state index in [4.69, 9.17) is 9.47 Å². The Balaban J connectivity index is 1.87. The fourth-order valence-corrected chi connectivity index (χ4v) is 4.81. The summed E-state index contributed by atoms with van der Waals surface area (Å²) in [6, 6.07) is 0.630. The van der Waals surface area contributed by atoms with Gasteiger partial charge in [-0.3, -0.25) is 0 Å². The predicted molar refractivity (Wildman–Crippen MR) is 86.3 cm³/mol. The number of rotatable bonds is 7. The van der Waals surface area contributed by atoms with Crippen molar-refractivity contribution in [3.05, 3.63) is 0 Å². The van der Waals surface area contributed by atoms with Crippen LogP contribution in [-0.4, -0.2) is 42.6 Å². The van der Waals surface area contributed by atoms with Gasteiger partial charge < -0.3 is 14.8 Å². The van der Waals surface area contributed by atoms with E-state index >= 15 is 0 Å². The molecular formula is C16H31NO2S. The molecule has 118 valence electrons. The summed E-state index contributed by atoms with van der Waals surface area (Å²) in [5.74, 6) is 1.80. The molecular weight excluding hydrogens is 270 g/mol. The molecule has 1 aliphatic heterocycles. The monoisotopic (exact) mass is 301 g/mol. The van der Waals surface area contributed by atoms with Crippen molar-refractivity contribution in [1.82, 2.24) is 5.32 Å². The molecule has 0 aromatic rings. The van der Waals surface area contributed by atoms with Gasteiger partial charge in [-0.1, -0.05) is 20.8 Å². The van der Waals surface area contributed by atoms with Gasteiger partial charge in [0.2, 0.25) is 0 Å². The average molecular weight is 301 g/mol. The number of thioether (sulfide) groups is 1. The minimum absolute atomic E-state index is 0.250. The second-order valence-corrected chi connectivity index (χ2v) is 7.85. The minimum Gasteiger partial charge on any atom is -0.347 e. The van der Waals surface area contributed by atoms with Crippen LogP contribution in [0.3, 0.4) is 0 Å². The number of ether oxygens (including phenoxy) is 2. The highest BCUT2D eigenvalue weighted by atomic mass is 32.2. The van der Waals surface area contributed by atoms with Crippen LogP contribution in [0.4, 0.5) is 0 Å². The van der Waals surface area contributed by atoms with Crippen LogP contribution in [0, 0.1) is 5.92 Å². The van der Waals surface area contributed by atoms with E-state index in [2.05, 4.69) is 37.8 Å². The van der Waals surface area contributed by atoms with Crippen LogP contribution in [0.15, 0.2) is 0 Å². The standard InChI is InChI=1S/C16H31NO2S/c1-4-8-17-14-5-7-16(18-9-10-19-16)12-15(14)20-11-6-13(2)3/h13-15,17H,4-12H2,1-3H3. The quantitative estimate of drug-likeness (QED) is 0.780. The lowest BCUT2D eigenvalue weighted by atomic mass is 9.89. The molecule has 1 N–H and O–H groups in total.